The molecule has 2 fully saturated rings. The van der Waals surface area contributed by atoms with E-state index in [4.69, 9.17) is 9.47 Å². The lowest BCUT2D eigenvalue weighted by Gasteiger charge is -2.46. The maximum absolute atomic E-state index is 14.3. The molecule has 0 N–H and O–H groups in total. The van der Waals surface area contributed by atoms with Crippen LogP contribution in [0, 0.1) is 16.7 Å². The molecular weight excluding hydrogens is 514 g/mol. The highest BCUT2D eigenvalue weighted by Gasteiger charge is 2.44. The van der Waals surface area contributed by atoms with E-state index in [1.54, 1.807) is 6.33 Å². The lowest BCUT2D eigenvalue weighted by molar-refractivity contribution is -0.311. The molecule has 8 heteroatoms. The van der Waals surface area contributed by atoms with E-state index in [-0.39, 0.29) is 17.0 Å². The zero-order valence-corrected chi connectivity index (χ0v) is 24.1. The first-order valence-electron chi connectivity index (χ1n) is 14.7. The van der Waals surface area contributed by atoms with Gasteiger partial charge in [0.15, 0.2) is 5.79 Å². The van der Waals surface area contributed by atoms with Crippen LogP contribution in [0.1, 0.15) is 81.3 Å². The van der Waals surface area contributed by atoms with Crippen molar-refractivity contribution in [2.75, 3.05) is 13.2 Å². The van der Waals surface area contributed by atoms with E-state index in [0.29, 0.717) is 31.0 Å². The Hall–Kier alpha value is -3.80. The van der Waals surface area contributed by atoms with E-state index < -0.39 is 5.79 Å². The van der Waals surface area contributed by atoms with Crippen molar-refractivity contribution in [3.63, 3.8) is 0 Å². The standard InChI is InChI=1S/C33H37N5O3/c1-4-7-29-28(18-23-10-12-24(13-11-23)27-9-6-5-8-25(27)19-34)30(39)37(31-35-22-36-38(29)31)26-14-16-33(17-15-26)40-20-32(2,3)21-41-33/h5-6,8-13,22,26H,4,7,14-18,20-21H2,1-3H3. The summed E-state index contributed by atoms with van der Waals surface area (Å²) in [6.45, 7) is 7.80. The van der Waals surface area contributed by atoms with Crippen LogP contribution in [0.15, 0.2) is 59.7 Å². The Kier molecular flexibility index (Phi) is 7.27. The fraction of sp³-hybridized carbons (Fsp3) is 0.455. The van der Waals surface area contributed by atoms with Crippen LogP contribution in [-0.2, 0) is 22.3 Å². The van der Waals surface area contributed by atoms with Crippen molar-refractivity contribution < 1.29 is 9.47 Å². The van der Waals surface area contributed by atoms with E-state index in [1.807, 2.05) is 45.5 Å². The first kappa shape index (κ1) is 27.4. The molecule has 4 aromatic rings. The summed E-state index contributed by atoms with van der Waals surface area (Å²) in [5.41, 5.74) is 5.30. The molecule has 0 amide bonds. The minimum Gasteiger partial charge on any atom is -0.349 e. The first-order valence-corrected chi connectivity index (χ1v) is 14.7. The van der Waals surface area contributed by atoms with Crippen LogP contribution in [0.5, 0.6) is 0 Å². The summed E-state index contributed by atoms with van der Waals surface area (Å²) in [6.07, 6.45) is 6.75. The van der Waals surface area contributed by atoms with Gasteiger partial charge < -0.3 is 9.47 Å². The van der Waals surface area contributed by atoms with Gasteiger partial charge in [0.05, 0.1) is 30.5 Å². The minimum atomic E-state index is -0.545. The van der Waals surface area contributed by atoms with Crippen molar-refractivity contribution >= 4 is 5.78 Å². The average Bonchev–Trinajstić information content (AvgIpc) is 3.47. The zero-order chi connectivity index (χ0) is 28.6. The molecule has 1 spiro atoms. The number of nitrogens with zero attached hydrogens (tertiary/aromatic N) is 5. The molecule has 2 aromatic carbocycles. The van der Waals surface area contributed by atoms with E-state index in [9.17, 15) is 10.1 Å². The van der Waals surface area contributed by atoms with Crippen molar-refractivity contribution in [3.05, 3.63) is 87.6 Å². The number of benzene rings is 2. The second-order valence-corrected chi connectivity index (χ2v) is 12.2. The lowest BCUT2D eigenvalue weighted by atomic mass is 9.87. The van der Waals surface area contributed by atoms with Gasteiger partial charge >= 0.3 is 0 Å². The highest BCUT2D eigenvalue weighted by Crippen LogP contribution is 2.42. The molecule has 2 aromatic heterocycles. The Labute approximate surface area is 240 Å². The van der Waals surface area contributed by atoms with Gasteiger partial charge in [-0.3, -0.25) is 9.36 Å². The number of nitriles is 1. The topological polar surface area (TPSA) is 94.4 Å². The Morgan fingerprint density at radius 3 is 2.44 bits per heavy atom. The molecule has 1 saturated heterocycles. The molecule has 1 aliphatic heterocycles. The van der Waals surface area contributed by atoms with Crippen molar-refractivity contribution in [2.45, 2.75) is 77.5 Å². The van der Waals surface area contributed by atoms with E-state index in [1.165, 1.54) is 0 Å². The molecule has 212 valence electrons. The van der Waals surface area contributed by atoms with Gasteiger partial charge in [-0.2, -0.15) is 15.3 Å². The van der Waals surface area contributed by atoms with Crippen LogP contribution in [0.3, 0.4) is 0 Å². The Bertz CT molecular complexity index is 1640. The molecule has 3 heterocycles. The van der Waals surface area contributed by atoms with Crippen LogP contribution in [0.2, 0.25) is 0 Å². The third-order valence-corrected chi connectivity index (χ3v) is 8.54. The molecule has 1 saturated carbocycles. The van der Waals surface area contributed by atoms with Gasteiger partial charge in [-0.05, 0) is 42.0 Å². The normalized spacial score (nSPS) is 18.5. The second-order valence-electron chi connectivity index (χ2n) is 12.2. The highest BCUT2D eigenvalue weighted by atomic mass is 16.7. The molecule has 6 rings (SSSR count). The van der Waals surface area contributed by atoms with Gasteiger partial charge in [0.2, 0.25) is 5.78 Å². The predicted molar refractivity (Wildman–Crippen MR) is 157 cm³/mol. The van der Waals surface area contributed by atoms with Crippen LogP contribution in [0.4, 0.5) is 0 Å². The van der Waals surface area contributed by atoms with Crippen molar-refractivity contribution in [3.8, 4) is 17.2 Å². The number of aryl methyl sites for hydroxylation is 1. The maximum atomic E-state index is 14.3. The smallest absolute Gasteiger partial charge is 0.259 e. The van der Waals surface area contributed by atoms with Crippen LogP contribution in [0.25, 0.3) is 16.9 Å². The maximum Gasteiger partial charge on any atom is 0.259 e. The van der Waals surface area contributed by atoms with Crippen molar-refractivity contribution in [2.24, 2.45) is 5.41 Å². The number of rotatable bonds is 6. The number of ether oxygens (including phenoxy) is 2. The number of aromatic nitrogens is 4. The summed E-state index contributed by atoms with van der Waals surface area (Å²) in [5.74, 6) is 0.0643. The zero-order valence-electron chi connectivity index (χ0n) is 24.1. The third-order valence-electron chi connectivity index (χ3n) is 8.54. The van der Waals surface area contributed by atoms with E-state index in [2.05, 4.69) is 49.1 Å². The SMILES string of the molecule is CCCc1c(Cc2ccc(-c3ccccc3C#N)cc2)c(=O)n(C2CCC3(CC2)OCC(C)(C)CO3)c2ncnn12. The molecule has 0 atom stereocenters. The molecule has 41 heavy (non-hydrogen) atoms. The van der Waals surface area contributed by atoms with Gasteiger partial charge in [-0.25, -0.2) is 4.52 Å². The molecule has 0 radical (unpaired) electrons. The molecule has 8 nitrogen and oxygen atoms in total. The summed E-state index contributed by atoms with van der Waals surface area (Å²) in [7, 11) is 0. The van der Waals surface area contributed by atoms with Crippen LogP contribution >= 0.6 is 0 Å². The van der Waals surface area contributed by atoms with Crippen molar-refractivity contribution in [1.82, 2.24) is 19.2 Å². The summed E-state index contributed by atoms with van der Waals surface area (Å²) in [4.78, 5) is 18.8. The monoisotopic (exact) mass is 551 g/mol. The molecule has 2 aliphatic rings. The quantitative estimate of drug-likeness (QED) is 0.298. The van der Waals surface area contributed by atoms with Gasteiger partial charge in [0, 0.05) is 36.3 Å². The lowest BCUT2D eigenvalue weighted by Crippen LogP contribution is -2.50. The predicted octanol–water partition coefficient (Wildman–Crippen LogP) is 5.86. The van der Waals surface area contributed by atoms with E-state index in [0.717, 1.165) is 66.5 Å². The fourth-order valence-corrected chi connectivity index (χ4v) is 6.24. The van der Waals surface area contributed by atoms with Crippen LogP contribution < -0.4 is 5.56 Å². The molecule has 1 aliphatic carbocycles. The summed E-state index contributed by atoms with van der Waals surface area (Å²) < 4.78 is 16.3. The summed E-state index contributed by atoms with van der Waals surface area (Å²) in [6, 6.07) is 18.1. The number of fused-ring (bicyclic) bond motifs is 1. The first-order chi connectivity index (χ1) is 19.8. The largest absolute Gasteiger partial charge is 0.349 e. The second kappa shape index (κ2) is 10.9. The Morgan fingerprint density at radius 2 is 1.76 bits per heavy atom. The van der Waals surface area contributed by atoms with Gasteiger partial charge in [0.1, 0.15) is 6.33 Å². The summed E-state index contributed by atoms with van der Waals surface area (Å²) >= 11 is 0. The fourth-order valence-electron chi connectivity index (χ4n) is 6.24. The average molecular weight is 552 g/mol. The van der Waals surface area contributed by atoms with Gasteiger partial charge in [-0.15, -0.1) is 0 Å². The Morgan fingerprint density at radius 1 is 1.05 bits per heavy atom. The van der Waals surface area contributed by atoms with Gasteiger partial charge in [0.25, 0.3) is 5.56 Å². The van der Waals surface area contributed by atoms with Gasteiger partial charge in [-0.1, -0.05) is 69.7 Å². The minimum absolute atomic E-state index is 0.00116. The third kappa shape index (κ3) is 5.20. The molecular formula is C33H37N5O3. The highest BCUT2D eigenvalue weighted by molar-refractivity contribution is 5.70. The molecule has 0 unspecified atom stereocenters. The summed E-state index contributed by atoms with van der Waals surface area (Å²) in [5, 5.41) is 14.1. The number of hydrogen-bond donors (Lipinski definition) is 0. The van der Waals surface area contributed by atoms with Crippen LogP contribution in [-0.4, -0.2) is 38.2 Å². The van der Waals surface area contributed by atoms with Crippen molar-refractivity contribution in [1.29, 1.82) is 5.26 Å². The Balaban J connectivity index is 1.32. The molecule has 0 bridgehead atoms. The van der Waals surface area contributed by atoms with E-state index >= 15 is 0 Å². The number of hydrogen-bond acceptors (Lipinski definition) is 6.